The van der Waals surface area contributed by atoms with E-state index in [0.717, 1.165) is 0 Å². The van der Waals surface area contributed by atoms with Gasteiger partial charge in [0.15, 0.2) is 41.8 Å². The number of nitrogens with zero attached hydrogens (tertiary/aromatic N) is 4. The predicted molar refractivity (Wildman–Crippen MR) is 92.5 cm³/mol. The van der Waals surface area contributed by atoms with E-state index in [4.69, 9.17) is 26.2 Å². The average molecular weight is 438 g/mol. The molecule has 5 N–H and O–H groups in total. The molecule has 0 unspecified atom stereocenters. The molecule has 29 heavy (non-hydrogen) atoms. The normalized spacial score (nSPS) is 37.5. The van der Waals surface area contributed by atoms with Gasteiger partial charge in [0, 0.05) is 0 Å². The van der Waals surface area contributed by atoms with Gasteiger partial charge < -0.3 is 35.2 Å². The Bertz CT molecular complexity index is 892. The van der Waals surface area contributed by atoms with Crippen molar-refractivity contribution in [1.82, 2.24) is 19.5 Å². The average Bonchev–Trinajstić information content (AvgIpc) is 3.32. The summed E-state index contributed by atoms with van der Waals surface area (Å²) in [7, 11) is 0. The highest BCUT2D eigenvalue weighted by molar-refractivity contribution is 6.28. The van der Waals surface area contributed by atoms with Crippen LogP contribution in [0.1, 0.15) is 6.23 Å². The third-order valence-corrected chi connectivity index (χ3v) is 5.09. The number of aliphatic hydroxyl groups excluding tert-OH is 4. The summed E-state index contributed by atoms with van der Waals surface area (Å²) < 4.78 is 40.5. The van der Waals surface area contributed by atoms with Gasteiger partial charge in [-0.1, -0.05) is 0 Å². The van der Waals surface area contributed by atoms with Gasteiger partial charge in [-0.2, -0.15) is 9.97 Å². The predicted octanol–water partition coefficient (Wildman–Crippen LogP) is -1.10. The molecule has 2 aliphatic heterocycles. The van der Waals surface area contributed by atoms with Crippen molar-refractivity contribution in [2.24, 2.45) is 0 Å². The van der Waals surface area contributed by atoms with E-state index in [-0.39, 0.29) is 22.3 Å². The van der Waals surface area contributed by atoms with E-state index in [1.54, 1.807) is 0 Å². The quantitative estimate of drug-likeness (QED) is 0.364. The number of imidazole rings is 1. The maximum Gasteiger partial charge on any atom is 0.226 e. The molecule has 4 rings (SSSR count). The van der Waals surface area contributed by atoms with Gasteiger partial charge in [0.1, 0.15) is 24.4 Å². The summed E-state index contributed by atoms with van der Waals surface area (Å²) in [6, 6.07) is 0. The van der Waals surface area contributed by atoms with Crippen LogP contribution in [0.2, 0.25) is 5.28 Å². The van der Waals surface area contributed by atoms with Crippen LogP contribution in [0, 0.1) is 0 Å². The van der Waals surface area contributed by atoms with Crippen LogP contribution in [0.3, 0.4) is 0 Å². The first kappa shape index (κ1) is 20.5. The lowest BCUT2D eigenvalue weighted by Gasteiger charge is -2.17. The number of hydrogen-bond acceptors (Lipinski definition) is 10. The molecular formula is C15H18ClF2N5O6. The second-order valence-corrected chi connectivity index (χ2v) is 7.04. The summed E-state index contributed by atoms with van der Waals surface area (Å²) in [4.78, 5) is 12.0. The fourth-order valence-corrected chi connectivity index (χ4v) is 3.55. The topological polar surface area (TPSA) is 155 Å². The first-order valence-corrected chi connectivity index (χ1v) is 9.07. The van der Waals surface area contributed by atoms with Crippen molar-refractivity contribution in [2.75, 3.05) is 18.5 Å². The third-order valence-electron chi connectivity index (χ3n) is 4.92. The molecule has 0 saturated carbocycles. The molecule has 14 heteroatoms. The minimum Gasteiger partial charge on any atom is -0.394 e. The van der Waals surface area contributed by atoms with Gasteiger partial charge in [0.2, 0.25) is 5.28 Å². The van der Waals surface area contributed by atoms with Crippen molar-refractivity contribution in [3.8, 4) is 0 Å². The Kier molecular flexibility index (Phi) is 5.54. The highest BCUT2D eigenvalue weighted by Crippen LogP contribution is 2.35. The van der Waals surface area contributed by atoms with Crippen molar-refractivity contribution >= 4 is 28.6 Å². The van der Waals surface area contributed by atoms with E-state index in [2.05, 4.69) is 20.3 Å². The number of alkyl halides is 2. The number of ether oxygens (including phenoxy) is 2. The van der Waals surface area contributed by atoms with Crippen molar-refractivity contribution in [1.29, 1.82) is 0 Å². The van der Waals surface area contributed by atoms with E-state index < -0.39 is 62.4 Å². The summed E-state index contributed by atoms with van der Waals surface area (Å²) in [6.07, 6.45) is -10.6. The number of halogens is 3. The van der Waals surface area contributed by atoms with E-state index in [1.807, 2.05) is 0 Å². The summed E-state index contributed by atoms with van der Waals surface area (Å²) in [5.74, 6) is -0.0511. The van der Waals surface area contributed by atoms with Gasteiger partial charge in [0.25, 0.3) is 0 Å². The first-order chi connectivity index (χ1) is 13.8. The molecule has 2 fully saturated rings. The highest BCUT2D eigenvalue weighted by Gasteiger charge is 2.46. The van der Waals surface area contributed by atoms with Gasteiger partial charge in [-0.05, 0) is 11.6 Å². The van der Waals surface area contributed by atoms with Crippen molar-refractivity contribution in [2.45, 2.75) is 49.2 Å². The van der Waals surface area contributed by atoms with Gasteiger partial charge in [-0.15, -0.1) is 0 Å². The second kappa shape index (κ2) is 7.83. The van der Waals surface area contributed by atoms with E-state index in [1.165, 1.54) is 10.9 Å². The Morgan fingerprint density at radius 1 is 1.07 bits per heavy atom. The standard InChI is InChI=1S/C15H18ClF2N5O6/c16-15-21-11(20-13-6(17)9(26)4(1-24)28-13)8-12(22-15)23(3-19-8)14-7(18)10(27)5(2-25)29-14/h3-7,9-10,13-14,24-27H,1-2H2,(H,20,21,22)/t4-,5-,6+,7+,9-,10-,13+,14-/m1/s1. The van der Waals surface area contributed by atoms with Crippen LogP contribution in [-0.4, -0.2) is 96.1 Å². The van der Waals surface area contributed by atoms with Crippen molar-refractivity contribution in [3.63, 3.8) is 0 Å². The van der Waals surface area contributed by atoms with Gasteiger partial charge in [0.05, 0.1) is 19.5 Å². The molecule has 2 aromatic heterocycles. The number of aromatic nitrogens is 4. The Balaban J connectivity index is 1.66. The van der Waals surface area contributed by atoms with Crippen molar-refractivity contribution in [3.05, 3.63) is 11.6 Å². The molecule has 11 nitrogen and oxygen atoms in total. The van der Waals surface area contributed by atoms with E-state index in [9.17, 15) is 24.1 Å². The molecule has 2 aromatic rings. The van der Waals surface area contributed by atoms with Crippen LogP contribution in [0.4, 0.5) is 14.6 Å². The third kappa shape index (κ3) is 3.42. The first-order valence-electron chi connectivity index (χ1n) is 8.69. The second-order valence-electron chi connectivity index (χ2n) is 6.71. The molecule has 2 aliphatic rings. The van der Waals surface area contributed by atoms with Crippen LogP contribution in [0.15, 0.2) is 6.33 Å². The van der Waals surface area contributed by atoms with Gasteiger partial charge in [-0.3, -0.25) is 4.57 Å². The molecular weight excluding hydrogens is 420 g/mol. The monoisotopic (exact) mass is 437 g/mol. The lowest BCUT2D eigenvalue weighted by Crippen LogP contribution is -2.33. The molecule has 160 valence electrons. The van der Waals surface area contributed by atoms with Crippen LogP contribution < -0.4 is 5.32 Å². The summed E-state index contributed by atoms with van der Waals surface area (Å²) >= 11 is 5.94. The Hall–Kier alpha value is -1.74. The number of aliphatic hydroxyl groups is 4. The van der Waals surface area contributed by atoms with Crippen LogP contribution >= 0.6 is 11.6 Å². The number of hydrogen-bond donors (Lipinski definition) is 5. The zero-order valence-electron chi connectivity index (χ0n) is 14.6. The fourth-order valence-electron chi connectivity index (χ4n) is 3.38. The molecule has 2 saturated heterocycles. The molecule has 0 bridgehead atoms. The minimum atomic E-state index is -1.87. The smallest absolute Gasteiger partial charge is 0.226 e. The van der Waals surface area contributed by atoms with Crippen LogP contribution in [0.25, 0.3) is 11.2 Å². The lowest BCUT2D eigenvalue weighted by molar-refractivity contribution is -0.0459. The Morgan fingerprint density at radius 3 is 2.34 bits per heavy atom. The summed E-state index contributed by atoms with van der Waals surface area (Å²) in [5.41, 5.74) is 0.100. The summed E-state index contributed by atoms with van der Waals surface area (Å²) in [6.45, 7) is -1.17. The molecule has 0 spiro atoms. The SMILES string of the molecule is OC[C@H]1O[C@@H](n2cnc3c(N[C@H]4O[C@H](CO)[C@@H](O)[C@@H]4F)nc(Cl)nc32)[C@@H](F)[C@@H]1O. The van der Waals surface area contributed by atoms with Crippen LogP contribution in [-0.2, 0) is 9.47 Å². The highest BCUT2D eigenvalue weighted by atomic mass is 35.5. The number of nitrogens with one attached hydrogen (secondary N) is 1. The minimum absolute atomic E-state index is 0.0265. The number of rotatable bonds is 5. The number of anilines is 1. The molecule has 0 aliphatic carbocycles. The van der Waals surface area contributed by atoms with E-state index >= 15 is 0 Å². The van der Waals surface area contributed by atoms with Gasteiger partial charge >= 0.3 is 0 Å². The van der Waals surface area contributed by atoms with Gasteiger partial charge in [-0.25, -0.2) is 13.8 Å². The zero-order valence-corrected chi connectivity index (χ0v) is 15.4. The summed E-state index contributed by atoms with van der Waals surface area (Å²) in [5, 5.41) is 40.2. The lowest BCUT2D eigenvalue weighted by atomic mass is 10.1. The fraction of sp³-hybridized carbons (Fsp3) is 0.667. The van der Waals surface area contributed by atoms with Crippen LogP contribution in [0.5, 0.6) is 0 Å². The molecule has 0 radical (unpaired) electrons. The molecule has 0 aromatic carbocycles. The maximum atomic E-state index is 14.5. The Labute approximate surface area is 166 Å². The molecule has 4 heterocycles. The van der Waals surface area contributed by atoms with E-state index in [0.29, 0.717) is 0 Å². The Morgan fingerprint density at radius 2 is 1.72 bits per heavy atom. The largest absolute Gasteiger partial charge is 0.394 e. The number of fused-ring (bicyclic) bond motifs is 1. The van der Waals surface area contributed by atoms with Crippen molar-refractivity contribution < 1.29 is 38.7 Å². The maximum absolute atomic E-state index is 14.5. The molecule has 8 atom stereocenters. The molecule has 0 amide bonds. The zero-order chi connectivity index (χ0) is 20.9.